The molecule has 0 aliphatic rings. The van der Waals surface area contributed by atoms with Crippen LogP contribution in [0.15, 0.2) is 63.8 Å². The Balaban J connectivity index is 1.64. The van der Waals surface area contributed by atoms with Crippen molar-refractivity contribution in [3.63, 3.8) is 0 Å². The Hall–Kier alpha value is -2.86. The minimum Gasteiger partial charge on any atom is -0.489 e. The van der Waals surface area contributed by atoms with Crippen molar-refractivity contribution in [3.8, 4) is 5.75 Å². The highest BCUT2D eigenvalue weighted by atomic mass is 16.5. The Morgan fingerprint density at radius 2 is 1.83 bits per heavy atom. The lowest BCUT2D eigenvalue weighted by atomic mass is 10.0. The van der Waals surface area contributed by atoms with E-state index in [1.54, 1.807) is 0 Å². The van der Waals surface area contributed by atoms with Gasteiger partial charge in [-0.3, -0.25) is 0 Å². The van der Waals surface area contributed by atoms with Crippen molar-refractivity contribution in [1.29, 1.82) is 0 Å². The third-order valence-corrected chi connectivity index (χ3v) is 3.56. The Morgan fingerprint density at radius 1 is 1.08 bits per heavy atom. The number of para-hydroxylation sites is 1. The van der Waals surface area contributed by atoms with Gasteiger partial charge < -0.3 is 14.3 Å². The minimum atomic E-state index is -0.724. The predicted molar refractivity (Wildman–Crippen MR) is 87.8 cm³/mol. The van der Waals surface area contributed by atoms with E-state index in [1.165, 1.54) is 0 Å². The Bertz CT molecular complexity index is 826. The van der Waals surface area contributed by atoms with E-state index in [0.717, 1.165) is 16.9 Å². The third-order valence-electron chi connectivity index (χ3n) is 3.56. The monoisotopic (exact) mass is 326 g/mol. The number of nitrogens with one attached hydrogen (secondary N) is 1. The van der Waals surface area contributed by atoms with Gasteiger partial charge in [0.1, 0.15) is 12.4 Å². The van der Waals surface area contributed by atoms with E-state index in [0.29, 0.717) is 13.0 Å². The summed E-state index contributed by atoms with van der Waals surface area (Å²) >= 11 is 0. The molecule has 0 bridgehead atoms. The van der Waals surface area contributed by atoms with E-state index in [-0.39, 0.29) is 12.3 Å². The maximum atomic E-state index is 10.9. The zero-order valence-electron chi connectivity index (χ0n) is 13.0. The molecule has 6 heteroatoms. The Labute approximate surface area is 138 Å². The van der Waals surface area contributed by atoms with Crippen LogP contribution in [0.25, 0.3) is 0 Å². The second kappa shape index (κ2) is 7.61. The molecule has 0 saturated heterocycles. The van der Waals surface area contributed by atoms with Gasteiger partial charge in [-0.05, 0) is 17.2 Å². The number of hydrogen-bond acceptors (Lipinski definition) is 5. The van der Waals surface area contributed by atoms with Crippen molar-refractivity contribution in [2.24, 2.45) is 0 Å². The third kappa shape index (κ3) is 4.33. The van der Waals surface area contributed by atoms with Gasteiger partial charge in [-0.2, -0.15) is 0 Å². The number of ether oxygens (including phenoxy) is 1. The molecule has 2 N–H and O–H groups in total. The van der Waals surface area contributed by atoms with Crippen molar-refractivity contribution in [3.05, 3.63) is 82.2 Å². The molecule has 0 aliphatic heterocycles. The lowest BCUT2D eigenvalue weighted by Crippen LogP contribution is -2.15. The van der Waals surface area contributed by atoms with E-state index in [9.17, 15) is 9.90 Å². The summed E-state index contributed by atoms with van der Waals surface area (Å²) in [5.41, 5.74) is 1.96. The molecule has 24 heavy (non-hydrogen) atoms. The molecule has 3 rings (SSSR count). The lowest BCUT2D eigenvalue weighted by Gasteiger charge is -2.14. The topological polar surface area (TPSA) is 88.4 Å². The molecular formula is C18H18N2O4. The zero-order chi connectivity index (χ0) is 16.8. The van der Waals surface area contributed by atoms with Crippen molar-refractivity contribution >= 4 is 0 Å². The molecule has 0 radical (unpaired) electrons. The Kier molecular flexibility index (Phi) is 5.08. The van der Waals surface area contributed by atoms with Crippen molar-refractivity contribution < 1.29 is 14.3 Å². The molecule has 0 amide bonds. The van der Waals surface area contributed by atoms with Crippen LogP contribution in [0.4, 0.5) is 0 Å². The number of benzene rings is 2. The van der Waals surface area contributed by atoms with Crippen LogP contribution in [0.3, 0.4) is 0 Å². The average molecular weight is 326 g/mol. The summed E-state index contributed by atoms with van der Waals surface area (Å²) in [5.74, 6) is 0.294. The van der Waals surface area contributed by atoms with Gasteiger partial charge in [0, 0.05) is 6.42 Å². The van der Waals surface area contributed by atoms with Gasteiger partial charge in [-0.15, -0.1) is 5.10 Å². The molecule has 0 fully saturated rings. The van der Waals surface area contributed by atoms with Crippen LogP contribution in [0, 0.1) is 0 Å². The van der Waals surface area contributed by atoms with E-state index in [1.807, 2.05) is 54.6 Å². The average Bonchev–Trinajstić information content (AvgIpc) is 3.00. The van der Waals surface area contributed by atoms with Gasteiger partial charge in [0.05, 0.1) is 12.5 Å². The fourth-order valence-corrected chi connectivity index (χ4v) is 2.42. The highest BCUT2D eigenvalue weighted by Crippen LogP contribution is 2.21. The van der Waals surface area contributed by atoms with Crippen LogP contribution >= 0.6 is 0 Å². The van der Waals surface area contributed by atoms with Crippen LogP contribution in [0.5, 0.6) is 5.75 Å². The van der Waals surface area contributed by atoms with Crippen molar-refractivity contribution in [2.75, 3.05) is 0 Å². The molecule has 1 aromatic heterocycles. The molecule has 0 spiro atoms. The molecule has 0 saturated carbocycles. The summed E-state index contributed by atoms with van der Waals surface area (Å²) < 4.78 is 10.7. The standard InChI is InChI=1S/C18H18N2O4/c21-15(11-17-19-20-18(22)24-17)10-14-8-4-5-9-16(14)23-12-13-6-2-1-3-7-13/h1-9,15,21H,10-12H2,(H,20,22). The van der Waals surface area contributed by atoms with Gasteiger partial charge in [-0.1, -0.05) is 48.5 Å². The number of nitrogens with zero attached hydrogens (tertiary/aromatic N) is 1. The van der Waals surface area contributed by atoms with Crippen LogP contribution < -0.4 is 10.5 Å². The lowest BCUT2D eigenvalue weighted by molar-refractivity contribution is 0.163. The fourth-order valence-electron chi connectivity index (χ4n) is 2.42. The number of rotatable bonds is 7. The van der Waals surface area contributed by atoms with E-state index >= 15 is 0 Å². The Morgan fingerprint density at radius 3 is 2.58 bits per heavy atom. The maximum Gasteiger partial charge on any atom is 0.434 e. The second-order valence-corrected chi connectivity index (χ2v) is 5.45. The quantitative estimate of drug-likeness (QED) is 0.694. The van der Waals surface area contributed by atoms with Crippen LogP contribution in [-0.2, 0) is 19.4 Å². The van der Waals surface area contributed by atoms with Crippen LogP contribution in [0.2, 0.25) is 0 Å². The smallest absolute Gasteiger partial charge is 0.434 e. The first-order valence-electron chi connectivity index (χ1n) is 7.68. The van der Waals surface area contributed by atoms with E-state index in [2.05, 4.69) is 10.2 Å². The van der Waals surface area contributed by atoms with Gasteiger partial charge in [0.25, 0.3) is 0 Å². The summed E-state index contributed by atoms with van der Waals surface area (Å²) in [5, 5.41) is 16.1. The molecule has 124 valence electrons. The first-order chi connectivity index (χ1) is 11.7. The first kappa shape index (κ1) is 16.0. The van der Waals surface area contributed by atoms with Crippen molar-refractivity contribution in [2.45, 2.75) is 25.6 Å². The molecule has 1 atom stereocenters. The van der Waals surface area contributed by atoms with Crippen LogP contribution in [-0.4, -0.2) is 21.4 Å². The second-order valence-electron chi connectivity index (χ2n) is 5.45. The summed E-state index contributed by atoms with van der Waals surface area (Å²) in [6.45, 7) is 0.461. The molecule has 1 heterocycles. The van der Waals surface area contributed by atoms with Crippen LogP contribution in [0.1, 0.15) is 17.0 Å². The highest BCUT2D eigenvalue weighted by Gasteiger charge is 2.14. The fraction of sp³-hybridized carbons (Fsp3) is 0.222. The van der Waals surface area contributed by atoms with Crippen molar-refractivity contribution in [1.82, 2.24) is 10.2 Å². The largest absolute Gasteiger partial charge is 0.489 e. The number of hydrogen-bond donors (Lipinski definition) is 2. The number of H-pyrrole nitrogens is 1. The van der Waals surface area contributed by atoms with E-state index in [4.69, 9.17) is 9.15 Å². The minimum absolute atomic E-state index is 0.158. The number of aliphatic hydroxyl groups is 1. The summed E-state index contributed by atoms with van der Waals surface area (Å²) in [7, 11) is 0. The molecule has 3 aromatic rings. The van der Waals surface area contributed by atoms with Gasteiger partial charge >= 0.3 is 5.76 Å². The highest BCUT2D eigenvalue weighted by molar-refractivity contribution is 5.34. The first-order valence-corrected chi connectivity index (χ1v) is 7.68. The number of aromatic nitrogens is 2. The van der Waals surface area contributed by atoms with Gasteiger partial charge in [0.2, 0.25) is 5.89 Å². The number of aromatic amines is 1. The zero-order valence-corrected chi connectivity index (χ0v) is 13.0. The predicted octanol–water partition coefficient (Wildman–Crippen LogP) is 2.09. The summed E-state index contributed by atoms with van der Waals surface area (Å²) in [6.07, 6.45) is -0.189. The van der Waals surface area contributed by atoms with Gasteiger partial charge in [-0.25, -0.2) is 9.89 Å². The number of aliphatic hydroxyl groups excluding tert-OH is 1. The summed E-state index contributed by atoms with van der Waals surface area (Å²) in [4.78, 5) is 10.9. The molecule has 2 aromatic carbocycles. The SMILES string of the molecule is O=c1[nH]nc(CC(O)Cc2ccccc2OCc2ccccc2)o1. The molecule has 1 unspecified atom stereocenters. The molecular weight excluding hydrogens is 308 g/mol. The van der Waals surface area contributed by atoms with Gasteiger partial charge in [0.15, 0.2) is 0 Å². The molecule has 0 aliphatic carbocycles. The van der Waals surface area contributed by atoms with E-state index < -0.39 is 11.9 Å². The normalized spacial score (nSPS) is 12.0. The summed E-state index contributed by atoms with van der Waals surface area (Å²) in [6, 6.07) is 17.5. The maximum absolute atomic E-state index is 10.9. The molecule has 6 nitrogen and oxygen atoms in total.